The third-order valence-electron chi connectivity index (χ3n) is 2.27. The van der Waals surface area contributed by atoms with Crippen molar-refractivity contribution in [2.24, 2.45) is 0 Å². The van der Waals surface area contributed by atoms with Gasteiger partial charge in [-0.1, -0.05) is 26.0 Å². The number of anilines is 1. The summed E-state index contributed by atoms with van der Waals surface area (Å²) in [5.41, 5.74) is 2.53. The minimum Gasteiger partial charge on any atom is -0.490 e. The molecule has 0 aliphatic carbocycles. The Balaban J connectivity index is 0.000000461. The highest BCUT2D eigenvalue weighted by Crippen LogP contribution is 2.33. The van der Waals surface area contributed by atoms with Crippen LogP contribution in [0.15, 0.2) is 18.2 Å². The minimum absolute atomic E-state index is 0.799. The molecule has 2 rings (SSSR count). The number of hydrogen-bond acceptors (Lipinski definition) is 2. The van der Waals surface area contributed by atoms with Crippen molar-refractivity contribution in [3.63, 3.8) is 0 Å². The van der Waals surface area contributed by atoms with E-state index in [4.69, 9.17) is 4.74 Å². The fourth-order valence-electron chi connectivity index (χ4n) is 1.64. The number of likely N-dealkylation sites (N-methyl/N-ethyl adjacent to an activating group) is 1. The first-order valence-corrected chi connectivity index (χ1v) is 5.22. The molecule has 0 unspecified atom stereocenters. The molecule has 0 amide bonds. The predicted molar refractivity (Wildman–Crippen MR) is 61.3 cm³/mol. The summed E-state index contributed by atoms with van der Waals surface area (Å²) in [5, 5.41) is 0. The van der Waals surface area contributed by atoms with Crippen molar-refractivity contribution in [2.75, 3.05) is 25.1 Å². The maximum Gasteiger partial charge on any atom is 0.142 e. The van der Waals surface area contributed by atoms with Gasteiger partial charge in [0, 0.05) is 7.05 Å². The number of benzene rings is 1. The Kier molecular flexibility index (Phi) is 3.81. The van der Waals surface area contributed by atoms with E-state index >= 15 is 0 Å². The lowest BCUT2D eigenvalue weighted by atomic mass is 10.1. The number of para-hydroxylation sites is 1. The summed E-state index contributed by atoms with van der Waals surface area (Å²) in [6.07, 6.45) is 0. The molecule has 78 valence electrons. The number of ether oxygens (including phenoxy) is 1. The second-order valence-electron chi connectivity index (χ2n) is 3.19. The molecule has 1 aliphatic rings. The van der Waals surface area contributed by atoms with Crippen molar-refractivity contribution in [2.45, 2.75) is 20.8 Å². The standard InChI is InChI=1S/C10H13NO.C2H6/c1-8-4-3-5-9-10(8)11(2)6-7-12-9;1-2/h3-5H,6-7H2,1-2H3;1-2H3. The summed E-state index contributed by atoms with van der Waals surface area (Å²) in [6.45, 7) is 7.90. The fraction of sp³-hybridized carbons (Fsp3) is 0.500. The van der Waals surface area contributed by atoms with Gasteiger partial charge in [0.1, 0.15) is 12.4 Å². The average molecular weight is 193 g/mol. The molecule has 0 saturated carbocycles. The Bertz CT molecular complexity index is 296. The lowest BCUT2D eigenvalue weighted by Crippen LogP contribution is -2.29. The highest BCUT2D eigenvalue weighted by atomic mass is 16.5. The third-order valence-corrected chi connectivity index (χ3v) is 2.27. The zero-order valence-electron chi connectivity index (χ0n) is 9.50. The molecular formula is C12H19NO. The topological polar surface area (TPSA) is 12.5 Å². The van der Waals surface area contributed by atoms with E-state index in [1.807, 2.05) is 26.0 Å². The van der Waals surface area contributed by atoms with Crippen molar-refractivity contribution in [3.05, 3.63) is 23.8 Å². The predicted octanol–water partition coefficient (Wildman–Crippen LogP) is 2.85. The number of fused-ring (bicyclic) bond motifs is 1. The summed E-state index contributed by atoms with van der Waals surface area (Å²) in [6, 6.07) is 6.18. The van der Waals surface area contributed by atoms with Gasteiger partial charge in [0.25, 0.3) is 0 Å². The first-order valence-electron chi connectivity index (χ1n) is 5.22. The van der Waals surface area contributed by atoms with Gasteiger partial charge in [-0.15, -0.1) is 0 Å². The zero-order chi connectivity index (χ0) is 10.6. The third kappa shape index (κ3) is 2.00. The van der Waals surface area contributed by atoms with E-state index in [9.17, 15) is 0 Å². The van der Waals surface area contributed by atoms with Crippen molar-refractivity contribution < 1.29 is 4.74 Å². The average Bonchev–Trinajstić information content (AvgIpc) is 2.21. The van der Waals surface area contributed by atoms with Gasteiger partial charge in [0.05, 0.1) is 12.2 Å². The van der Waals surface area contributed by atoms with E-state index in [0.717, 1.165) is 18.9 Å². The Hall–Kier alpha value is -1.18. The number of nitrogens with zero attached hydrogens (tertiary/aromatic N) is 1. The molecule has 0 atom stereocenters. The van der Waals surface area contributed by atoms with Crippen LogP contribution in [0.25, 0.3) is 0 Å². The molecule has 14 heavy (non-hydrogen) atoms. The van der Waals surface area contributed by atoms with Gasteiger partial charge in [0.2, 0.25) is 0 Å². The van der Waals surface area contributed by atoms with Gasteiger partial charge in [-0.3, -0.25) is 0 Å². The van der Waals surface area contributed by atoms with E-state index in [-0.39, 0.29) is 0 Å². The van der Waals surface area contributed by atoms with Crippen LogP contribution in [0.4, 0.5) is 5.69 Å². The maximum absolute atomic E-state index is 5.53. The highest BCUT2D eigenvalue weighted by Gasteiger charge is 2.15. The van der Waals surface area contributed by atoms with E-state index in [2.05, 4.69) is 24.9 Å². The van der Waals surface area contributed by atoms with Gasteiger partial charge in [-0.05, 0) is 18.6 Å². The largest absolute Gasteiger partial charge is 0.490 e. The van der Waals surface area contributed by atoms with Crippen LogP contribution in [0.2, 0.25) is 0 Å². The molecule has 1 heterocycles. The molecule has 0 aromatic heterocycles. The van der Waals surface area contributed by atoms with Crippen LogP contribution >= 0.6 is 0 Å². The normalized spacial score (nSPS) is 13.6. The second-order valence-corrected chi connectivity index (χ2v) is 3.19. The lowest BCUT2D eigenvalue weighted by Gasteiger charge is -2.29. The van der Waals surface area contributed by atoms with E-state index in [0.29, 0.717) is 0 Å². The molecule has 2 heteroatoms. The molecule has 1 aromatic carbocycles. The van der Waals surface area contributed by atoms with Crippen LogP contribution in [-0.4, -0.2) is 20.2 Å². The molecule has 1 aromatic rings. The first-order chi connectivity index (χ1) is 6.79. The summed E-state index contributed by atoms with van der Waals surface area (Å²) >= 11 is 0. The van der Waals surface area contributed by atoms with Gasteiger partial charge in [-0.25, -0.2) is 0 Å². The van der Waals surface area contributed by atoms with E-state index in [1.165, 1.54) is 11.3 Å². The van der Waals surface area contributed by atoms with Crippen LogP contribution in [-0.2, 0) is 0 Å². The number of rotatable bonds is 0. The summed E-state index contributed by atoms with van der Waals surface area (Å²) in [7, 11) is 2.11. The Labute approximate surface area is 86.5 Å². The number of hydrogen-bond donors (Lipinski definition) is 0. The van der Waals surface area contributed by atoms with Crippen molar-refractivity contribution in [1.29, 1.82) is 0 Å². The SMILES string of the molecule is CC.Cc1cccc2c1N(C)CCO2. The van der Waals surface area contributed by atoms with Gasteiger partial charge < -0.3 is 9.64 Å². The van der Waals surface area contributed by atoms with E-state index < -0.39 is 0 Å². The van der Waals surface area contributed by atoms with Crippen LogP contribution in [0.3, 0.4) is 0 Å². The van der Waals surface area contributed by atoms with Gasteiger partial charge >= 0.3 is 0 Å². The summed E-state index contributed by atoms with van der Waals surface area (Å²) in [5.74, 6) is 1.02. The van der Waals surface area contributed by atoms with Crippen LogP contribution in [0.1, 0.15) is 19.4 Å². The fourth-order valence-corrected chi connectivity index (χ4v) is 1.64. The summed E-state index contributed by atoms with van der Waals surface area (Å²) < 4.78 is 5.53. The Morgan fingerprint density at radius 2 is 2.00 bits per heavy atom. The molecule has 0 radical (unpaired) electrons. The van der Waals surface area contributed by atoms with Crippen molar-refractivity contribution in [1.82, 2.24) is 0 Å². The molecule has 0 bridgehead atoms. The maximum atomic E-state index is 5.53. The molecule has 0 saturated heterocycles. The zero-order valence-corrected chi connectivity index (χ0v) is 9.50. The molecule has 0 fully saturated rings. The molecular weight excluding hydrogens is 174 g/mol. The second kappa shape index (κ2) is 4.89. The van der Waals surface area contributed by atoms with Crippen LogP contribution in [0.5, 0.6) is 5.75 Å². The highest BCUT2D eigenvalue weighted by molar-refractivity contribution is 5.64. The Morgan fingerprint density at radius 1 is 1.29 bits per heavy atom. The monoisotopic (exact) mass is 193 g/mol. The molecule has 1 aliphatic heterocycles. The van der Waals surface area contributed by atoms with Gasteiger partial charge in [-0.2, -0.15) is 0 Å². The lowest BCUT2D eigenvalue weighted by molar-refractivity contribution is 0.311. The van der Waals surface area contributed by atoms with Crippen molar-refractivity contribution >= 4 is 5.69 Å². The first kappa shape index (κ1) is 10.9. The van der Waals surface area contributed by atoms with Crippen molar-refractivity contribution in [3.8, 4) is 5.75 Å². The minimum atomic E-state index is 0.799. The van der Waals surface area contributed by atoms with Crippen LogP contribution in [0, 0.1) is 6.92 Å². The number of aryl methyl sites for hydroxylation is 1. The smallest absolute Gasteiger partial charge is 0.142 e. The quantitative estimate of drug-likeness (QED) is 0.628. The Morgan fingerprint density at radius 3 is 2.64 bits per heavy atom. The summed E-state index contributed by atoms with van der Waals surface area (Å²) in [4.78, 5) is 2.24. The molecule has 0 N–H and O–H groups in total. The van der Waals surface area contributed by atoms with Gasteiger partial charge in [0.15, 0.2) is 0 Å². The van der Waals surface area contributed by atoms with Crippen LogP contribution < -0.4 is 9.64 Å². The molecule has 0 spiro atoms. The molecule has 2 nitrogen and oxygen atoms in total. The van der Waals surface area contributed by atoms with E-state index in [1.54, 1.807) is 0 Å².